The second kappa shape index (κ2) is 39.2. The second-order valence-electron chi connectivity index (χ2n) is 27.3. The minimum absolute atomic E-state index is 0.308. The first-order chi connectivity index (χ1) is 46.5. The van der Waals surface area contributed by atoms with Crippen LogP contribution in [0, 0.1) is 0 Å². The summed E-state index contributed by atoms with van der Waals surface area (Å²) in [5.74, 6) is 0. The highest BCUT2D eigenvalue weighted by Crippen LogP contribution is 2.53. The van der Waals surface area contributed by atoms with Crippen LogP contribution in [-0.2, 0) is 135 Å². The van der Waals surface area contributed by atoms with Crippen molar-refractivity contribution in [2.45, 2.75) is 236 Å². The third kappa shape index (κ3) is 26.6. The fourth-order valence-corrected chi connectivity index (χ4v) is 97.4. The Morgan fingerprint density at radius 3 is 0.440 bits per heavy atom. The van der Waals surface area contributed by atoms with E-state index >= 15 is 0 Å². The van der Waals surface area contributed by atoms with Crippen LogP contribution in [0.3, 0.4) is 0 Å². The summed E-state index contributed by atoms with van der Waals surface area (Å²) >= 11 is 0. The van der Waals surface area contributed by atoms with Gasteiger partial charge in [-0.3, -0.25) is 0 Å². The van der Waals surface area contributed by atoms with E-state index in [2.05, 4.69) is 0 Å². The molecule has 0 unspecified atom stereocenters. The highest BCUT2D eigenvalue weighted by atomic mass is 28.7. The fourth-order valence-electron chi connectivity index (χ4n) is 11.4. The van der Waals surface area contributed by atoms with Gasteiger partial charge in [-0.15, -0.1) is 0 Å². The van der Waals surface area contributed by atoms with Crippen molar-refractivity contribution in [3.05, 3.63) is 0 Å². The second-order valence-corrected chi connectivity index (χ2v) is 87.5. The minimum Gasteiger partial charge on any atom is -0.398 e. The van der Waals surface area contributed by atoms with Gasteiger partial charge in [0.2, 0.25) is 0 Å². The zero-order valence-corrected chi connectivity index (χ0v) is 86.1. The summed E-state index contributed by atoms with van der Waals surface area (Å²) in [7, 11) is -81.6. The zero-order chi connectivity index (χ0) is 75.1. The fraction of sp³-hybridized carbons (Fsp3) is 1.00. The van der Waals surface area contributed by atoms with E-state index in [1.807, 2.05) is 188 Å². The first kappa shape index (κ1) is 93.7. The molecule has 0 N–H and O–H groups in total. The molecule has 100 heavy (non-hydrogen) atoms. The van der Waals surface area contributed by atoms with Crippen LogP contribution in [-0.4, -0.2) is 256 Å². The average Bonchev–Trinajstić information content (AvgIpc) is 0.681. The molecule has 592 valence electrons. The molecule has 0 atom stereocenters. The van der Waals surface area contributed by atoms with E-state index in [0.717, 1.165) is 0 Å². The molecular formula is C48H128O32Si20. The maximum atomic E-state index is 8.06. The third-order valence-corrected chi connectivity index (χ3v) is 83.6. The first-order valence-electron chi connectivity index (χ1n) is 36.1. The average molecular weight is 1780 g/mol. The highest BCUT2D eigenvalue weighted by molar-refractivity contribution is 7.03. The lowest BCUT2D eigenvalue weighted by atomic mass is 10.9. The van der Waals surface area contributed by atoms with E-state index in [1.165, 1.54) is 0 Å². The largest absolute Gasteiger partial charge is 0.651 e. The van der Waals surface area contributed by atoms with Crippen molar-refractivity contribution in [3.8, 4) is 0 Å². The van der Waals surface area contributed by atoms with Crippen LogP contribution in [0.1, 0.15) is 83.1 Å². The molecule has 6 saturated heterocycles. The minimum atomic E-state index is -5.61. The molecular weight excluding hydrogens is 1650 g/mol. The predicted octanol–water partition coefficient (Wildman–Crippen LogP) is 8.82. The molecule has 6 fully saturated rings. The molecule has 6 rings (SSSR count). The first-order valence-corrected chi connectivity index (χ1v) is 80.5. The van der Waals surface area contributed by atoms with Gasteiger partial charge in [-0.25, -0.2) is 0 Å². The van der Waals surface area contributed by atoms with Gasteiger partial charge < -0.3 is 135 Å². The summed E-state index contributed by atoms with van der Waals surface area (Å²) in [6.45, 7) is 58.3. The van der Waals surface area contributed by atoms with Gasteiger partial charge >= 0.3 is 108 Å². The Hall–Kier alpha value is 3.06. The summed E-state index contributed by atoms with van der Waals surface area (Å²) in [5, 5.41) is 0. The molecule has 0 spiro atoms. The summed E-state index contributed by atoms with van der Waals surface area (Å²) in [6, 6.07) is 2.48. The van der Waals surface area contributed by atoms with Crippen LogP contribution in [0.4, 0.5) is 0 Å². The third-order valence-electron chi connectivity index (χ3n) is 14.6. The molecule has 6 aliphatic heterocycles. The van der Waals surface area contributed by atoms with E-state index in [-0.39, 0.29) is 0 Å². The van der Waals surface area contributed by atoms with E-state index in [9.17, 15) is 0 Å². The lowest BCUT2D eigenvalue weighted by Crippen LogP contribution is -2.92. The molecule has 0 aromatic rings. The molecule has 0 saturated carbocycles. The Morgan fingerprint density at radius 1 is 0.200 bits per heavy atom. The molecule has 8 bridgehead atoms. The van der Waals surface area contributed by atoms with Crippen molar-refractivity contribution >= 4 is 177 Å². The molecule has 0 amide bonds. The van der Waals surface area contributed by atoms with Gasteiger partial charge in [0.05, 0.1) is 0 Å². The topological polar surface area (TPSA) is 295 Å². The van der Waals surface area contributed by atoms with Crippen LogP contribution in [0.25, 0.3) is 0 Å². The summed E-state index contributed by atoms with van der Waals surface area (Å²) in [5.41, 5.74) is 0. The Kier molecular flexibility index (Phi) is 36.7. The van der Waals surface area contributed by atoms with Gasteiger partial charge in [0.25, 0.3) is 0 Å². The van der Waals surface area contributed by atoms with Crippen molar-refractivity contribution in [3.63, 3.8) is 0 Å². The number of rotatable bonds is 52. The normalized spacial score (nSPS) is 28.8. The summed E-state index contributed by atoms with van der Waals surface area (Å²) < 4.78 is 233. The smallest absolute Gasteiger partial charge is 0.398 e. The van der Waals surface area contributed by atoms with Gasteiger partial charge in [0.1, 0.15) is 0 Å². The molecule has 6 heterocycles. The van der Waals surface area contributed by atoms with Gasteiger partial charge in [0.15, 0.2) is 69.4 Å². The van der Waals surface area contributed by atoms with Crippen molar-refractivity contribution in [2.24, 2.45) is 0 Å². The Labute approximate surface area is 623 Å². The van der Waals surface area contributed by atoms with Crippen LogP contribution in [0.15, 0.2) is 0 Å². The van der Waals surface area contributed by atoms with Crippen molar-refractivity contribution in [2.75, 3.05) is 79.3 Å². The molecule has 0 aliphatic carbocycles. The van der Waals surface area contributed by atoms with Crippen LogP contribution in [0.2, 0.25) is 153 Å². The van der Waals surface area contributed by atoms with E-state index in [0.29, 0.717) is 128 Å². The lowest BCUT2D eigenvalue weighted by molar-refractivity contribution is -0.128. The zero-order valence-electron chi connectivity index (χ0n) is 65.5. The van der Waals surface area contributed by atoms with Crippen molar-refractivity contribution in [1.29, 1.82) is 0 Å². The number of hydrogen-bond acceptors (Lipinski definition) is 32. The van der Waals surface area contributed by atoms with Crippen LogP contribution < -0.4 is 0 Å². The van der Waals surface area contributed by atoms with Gasteiger partial charge in [0, 0.05) is 103 Å². The molecule has 0 aromatic heterocycles. The lowest BCUT2D eigenvalue weighted by Gasteiger charge is -2.60. The Balaban J connectivity index is 2.10. The molecule has 0 radical (unpaired) electrons. The molecule has 0 aromatic carbocycles. The number of hydrogen-bond donors (Lipinski definition) is 0. The Bertz CT molecular complexity index is 2040. The monoisotopic (exact) mass is 1780 g/mol. The summed E-state index contributed by atoms with van der Waals surface area (Å²) in [6.07, 6.45) is 0. The standard InChI is InChI=1S/C48H128O32Si20/c1-29-49-89(50-30-2,51-31-3)45-41-85(21,22)65-97-73-93(61-81(13)14)69-94(62-82(15)16)71-96(64-84(19)20)72-95(70-93,63-83(17)18)75-99(78-97,67-87(25,26)43-47-91(55-35-7,56-36-8)57-37-9)80-100(76-96,68-88(27,28)44-48-92(58-38-10,59-39-11)60-40-12)79-98(74-94,77-97)66-86(23,24)42-46-90(52-32-4,53-33-5)54-34-6/h81-84H,29-48H2,1-28H3. The van der Waals surface area contributed by atoms with Crippen LogP contribution >= 0.6 is 0 Å². The van der Waals surface area contributed by atoms with E-state index in [1.54, 1.807) is 0 Å². The molecule has 6 aliphatic rings. The van der Waals surface area contributed by atoms with Crippen molar-refractivity contribution < 1.29 is 135 Å². The van der Waals surface area contributed by atoms with Crippen molar-refractivity contribution in [1.82, 2.24) is 0 Å². The maximum absolute atomic E-state index is 8.06. The van der Waals surface area contributed by atoms with Gasteiger partial charge in [-0.1, -0.05) is 0 Å². The highest BCUT2D eigenvalue weighted by Gasteiger charge is 2.92. The summed E-state index contributed by atoms with van der Waals surface area (Å²) in [4.78, 5) is 0. The maximum Gasteiger partial charge on any atom is 0.651 e. The van der Waals surface area contributed by atoms with Gasteiger partial charge in [-0.05, 0) is 212 Å². The molecule has 32 nitrogen and oxygen atoms in total. The van der Waals surface area contributed by atoms with E-state index < -0.39 is 177 Å². The molecule has 52 heteroatoms. The Morgan fingerprint density at radius 2 is 0.320 bits per heavy atom. The quantitative estimate of drug-likeness (QED) is 0.0514. The predicted molar refractivity (Wildman–Crippen MR) is 414 cm³/mol. The van der Waals surface area contributed by atoms with Gasteiger partial charge in [-0.2, -0.15) is 0 Å². The van der Waals surface area contributed by atoms with Crippen LogP contribution in [0.5, 0.6) is 0 Å². The SMILES string of the molecule is CCO[Si](CC[Si](C)(C)O[Si]12O[Si]3(O[SiH](C)C)O[Si]4(O[SiH](C)C)O[Si]5(O[SiH](C)C)O[Si](O[SiH](C)C)(O3)O[Si](O[Si](C)(C)CC[Si](OCC)(OCC)OCC)(O1)O[Si](O[Si](C)(C)CC[Si](OCC)(OCC)OCC)(O5)O[Si](O[Si](C)(C)CC[Si](OCC)(OCC)OCC)(O4)O2)(OCC)OCC. The van der Waals surface area contributed by atoms with E-state index in [4.69, 9.17) is 135 Å².